The van der Waals surface area contributed by atoms with Crippen molar-refractivity contribution in [3.63, 3.8) is 0 Å². The molecule has 0 saturated carbocycles. The smallest absolute Gasteiger partial charge is 0.194 e. The largest absolute Gasteiger partial charge is 0.497 e. The number of fused-ring (bicyclic) bond motifs is 2. The highest BCUT2D eigenvalue weighted by Gasteiger charge is 2.30. The molecule has 3 aliphatic rings. The van der Waals surface area contributed by atoms with Gasteiger partial charge in [0, 0.05) is 24.8 Å². The molecule has 2 aromatic rings. The summed E-state index contributed by atoms with van der Waals surface area (Å²) in [6.45, 7) is 3.24. The van der Waals surface area contributed by atoms with E-state index >= 15 is 0 Å². The van der Waals surface area contributed by atoms with Crippen LogP contribution in [0.5, 0.6) is 5.75 Å². The molecular weight excluding hydrogens is 366 g/mol. The average molecular weight is 391 g/mol. The molecule has 1 aromatic heterocycles. The lowest BCUT2D eigenvalue weighted by Crippen LogP contribution is -2.37. The molecule has 1 fully saturated rings. The van der Waals surface area contributed by atoms with Crippen molar-refractivity contribution in [3.8, 4) is 5.75 Å². The van der Waals surface area contributed by atoms with Crippen LogP contribution < -0.4 is 20.7 Å². The zero-order valence-corrected chi connectivity index (χ0v) is 16.5. The Labute approximate surface area is 170 Å². The first-order chi connectivity index (χ1) is 14.2. The van der Waals surface area contributed by atoms with E-state index in [1.54, 1.807) is 7.11 Å². The number of nitrogens with two attached hydrogens (primary N) is 1. The summed E-state index contributed by atoms with van der Waals surface area (Å²) in [4.78, 5) is 11.7. The summed E-state index contributed by atoms with van der Waals surface area (Å²) in [5.74, 6) is 2.26. The van der Waals surface area contributed by atoms with Crippen LogP contribution in [0.25, 0.3) is 5.70 Å². The molecule has 7 heteroatoms. The van der Waals surface area contributed by atoms with E-state index in [9.17, 15) is 0 Å². The third kappa shape index (κ3) is 3.31. The number of guanidine groups is 1. The molecule has 0 bridgehead atoms. The lowest BCUT2D eigenvalue weighted by molar-refractivity contribution is 0.122. The van der Waals surface area contributed by atoms with Crippen LogP contribution in [0.3, 0.4) is 0 Å². The number of benzene rings is 1. The van der Waals surface area contributed by atoms with Crippen LogP contribution in [0.4, 0.5) is 5.82 Å². The standard InChI is InChI=1S/C22H25N5O2/c1-28-16-5-2-14-3-6-17-20(25-22(23)26-21(17)18(14)12-16)15-4-7-19(24-13-15)27-8-10-29-11-9-27/h2,4-5,7,12-13,20H,3,6,8-11H2,1H3,(H3,23,25,26). The van der Waals surface area contributed by atoms with E-state index < -0.39 is 0 Å². The first-order valence-electron chi connectivity index (χ1n) is 10.0. The summed E-state index contributed by atoms with van der Waals surface area (Å²) in [5, 5.41) is 3.30. The number of aromatic nitrogens is 1. The molecule has 3 heterocycles. The van der Waals surface area contributed by atoms with E-state index in [4.69, 9.17) is 25.2 Å². The number of nitrogens with zero attached hydrogens (tertiary/aromatic N) is 3. The number of hydrogen-bond donors (Lipinski definition) is 2. The highest BCUT2D eigenvalue weighted by molar-refractivity contribution is 5.93. The van der Waals surface area contributed by atoms with Gasteiger partial charge >= 0.3 is 0 Å². The Hall–Kier alpha value is -3.06. The second kappa shape index (κ2) is 7.40. The van der Waals surface area contributed by atoms with E-state index in [0.29, 0.717) is 5.96 Å². The number of hydrogen-bond acceptors (Lipinski definition) is 7. The number of anilines is 1. The number of methoxy groups -OCH3 is 1. The molecule has 0 spiro atoms. The minimum atomic E-state index is -0.114. The zero-order valence-electron chi connectivity index (χ0n) is 16.5. The van der Waals surface area contributed by atoms with Crippen LogP contribution in [0.15, 0.2) is 47.1 Å². The third-order valence-corrected chi connectivity index (χ3v) is 5.84. The Bertz CT molecular complexity index is 977. The second-order valence-corrected chi connectivity index (χ2v) is 7.51. The number of rotatable bonds is 3. The van der Waals surface area contributed by atoms with Crippen LogP contribution in [0.2, 0.25) is 0 Å². The monoisotopic (exact) mass is 391 g/mol. The summed E-state index contributed by atoms with van der Waals surface area (Å²) >= 11 is 0. The fourth-order valence-electron chi connectivity index (χ4n) is 4.31. The Balaban J connectivity index is 1.49. The van der Waals surface area contributed by atoms with Crippen LogP contribution in [-0.2, 0) is 11.2 Å². The highest BCUT2D eigenvalue weighted by atomic mass is 16.5. The second-order valence-electron chi connectivity index (χ2n) is 7.51. The van der Waals surface area contributed by atoms with Crippen LogP contribution in [0, 0.1) is 0 Å². The van der Waals surface area contributed by atoms with Gasteiger partial charge in [0.1, 0.15) is 17.6 Å². The molecule has 3 N–H and O–H groups in total. The summed E-state index contributed by atoms with van der Waals surface area (Å²) in [6, 6.07) is 10.3. The van der Waals surface area contributed by atoms with Crippen molar-refractivity contribution in [1.82, 2.24) is 10.3 Å². The number of nitrogens with one attached hydrogen (secondary N) is 1. The predicted molar refractivity (Wildman–Crippen MR) is 113 cm³/mol. The number of pyridine rings is 1. The Morgan fingerprint density at radius 3 is 2.79 bits per heavy atom. The van der Waals surface area contributed by atoms with Crippen molar-refractivity contribution in [2.24, 2.45) is 10.7 Å². The van der Waals surface area contributed by atoms with Gasteiger partial charge in [-0.1, -0.05) is 12.1 Å². The number of aryl methyl sites for hydroxylation is 1. The molecule has 7 nitrogen and oxygen atoms in total. The molecular formula is C22H25N5O2. The summed E-state index contributed by atoms with van der Waals surface area (Å²) < 4.78 is 10.9. The van der Waals surface area contributed by atoms with Gasteiger partial charge in [0.2, 0.25) is 0 Å². The number of aliphatic imine (C=N–C) groups is 1. The van der Waals surface area contributed by atoms with Crippen molar-refractivity contribution >= 4 is 17.5 Å². The van der Waals surface area contributed by atoms with Gasteiger partial charge in [0.15, 0.2) is 5.96 Å². The summed E-state index contributed by atoms with van der Waals surface area (Å²) in [6.07, 6.45) is 3.85. The molecule has 1 aliphatic carbocycles. The van der Waals surface area contributed by atoms with Crippen molar-refractivity contribution in [2.45, 2.75) is 18.9 Å². The molecule has 1 atom stereocenters. The first kappa shape index (κ1) is 18.0. The van der Waals surface area contributed by atoms with E-state index in [1.165, 1.54) is 11.1 Å². The molecule has 0 amide bonds. The van der Waals surface area contributed by atoms with Gasteiger partial charge in [0.25, 0.3) is 0 Å². The third-order valence-electron chi connectivity index (χ3n) is 5.84. The normalized spacial score (nSPS) is 21.1. The van der Waals surface area contributed by atoms with Crippen molar-refractivity contribution in [2.75, 3.05) is 38.3 Å². The predicted octanol–water partition coefficient (Wildman–Crippen LogP) is 2.24. The van der Waals surface area contributed by atoms with E-state index in [1.807, 2.05) is 12.3 Å². The number of morpholine rings is 1. The van der Waals surface area contributed by atoms with Gasteiger partial charge in [-0.2, -0.15) is 0 Å². The Morgan fingerprint density at radius 1 is 1.17 bits per heavy atom. The van der Waals surface area contributed by atoms with E-state index in [-0.39, 0.29) is 6.04 Å². The summed E-state index contributed by atoms with van der Waals surface area (Å²) in [5.41, 5.74) is 12.0. The van der Waals surface area contributed by atoms with Gasteiger partial charge in [-0.25, -0.2) is 9.98 Å². The molecule has 29 heavy (non-hydrogen) atoms. The fraction of sp³-hybridized carbons (Fsp3) is 0.364. The molecule has 1 aromatic carbocycles. The zero-order chi connectivity index (χ0) is 19.8. The van der Waals surface area contributed by atoms with E-state index in [0.717, 1.165) is 67.5 Å². The van der Waals surface area contributed by atoms with Crippen molar-refractivity contribution in [1.29, 1.82) is 0 Å². The lowest BCUT2D eigenvalue weighted by atomic mass is 9.83. The van der Waals surface area contributed by atoms with Gasteiger partial charge in [-0.3, -0.25) is 0 Å². The van der Waals surface area contributed by atoms with Crippen molar-refractivity contribution < 1.29 is 9.47 Å². The SMILES string of the molecule is COc1ccc2c(c1)C1=C(CC2)C(c2ccc(N3CCOCC3)nc2)N=C(N)N1. The quantitative estimate of drug-likeness (QED) is 0.835. The van der Waals surface area contributed by atoms with Crippen LogP contribution >= 0.6 is 0 Å². The van der Waals surface area contributed by atoms with E-state index in [2.05, 4.69) is 34.5 Å². The molecule has 2 aliphatic heterocycles. The molecule has 150 valence electrons. The Kier molecular flexibility index (Phi) is 4.60. The van der Waals surface area contributed by atoms with Crippen LogP contribution in [0.1, 0.15) is 29.2 Å². The first-order valence-corrected chi connectivity index (χ1v) is 10.0. The van der Waals surface area contributed by atoms with Crippen molar-refractivity contribution in [3.05, 3.63) is 58.8 Å². The minimum Gasteiger partial charge on any atom is -0.497 e. The van der Waals surface area contributed by atoms with Gasteiger partial charge in [-0.05, 0) is 47.7 Å². The average Bonchev–Trinajstić information content (AvgIpc) is 2.79. The maximum absolute atomic E-state index is 6.17. The fourth-order valence-corrected chi connectivity index (χ4v) is 4.31. The van der Waals surface area contributed by atoms with Gasteiger partial charge < -0.3 is 25.4 Å². The number of ether oxygens (including phenoxy) is 2. The Morgan fingerprint density at radius 2 is 2.03 bits per heavy atom. The molecule has 5 rings (SSSR count). The van der Waals surface area contributed by atoms with Gasteiger partial charge in [0.05, 0.1) is 26.0 Å². The molecule has 1 unspecified atom stereocenters. The minimum absolute atomic E-state index is 0.114. The highest BCUT2D eigenvalue weighted by Crippen LogP contribution is 2.41. The molecule has 0 radical (unpaired) electrons. The maximum atomic E-state index is 6.17. The molecule has 1 saturated heterocycles. The van der Waals surface area contributed by atoms with Crippen LogP contribution in [-0.4, -0.2) is 44.4 Å². The van der Waals surface area contributed by atoms with Gasteiger partial charge in [-0.15, -0.1) is 0 Å². The maximum Gasteiger partial charge on any atom is 0.194 e. The lowest BCUT2D eigenvalue weighted by Gasteiger charge is -2.32. The summed E-state index contributed by atoms with van der Waals surface area (Å²) in [7, 11) is 1.69. The topological polar surface area (TPSA) is 85.0 Å².